The average molecular weight is 292 g/mol. The summed E-state index contributed by atoms with van der Waals surface area (Å²) in [6.45, 7) is 2.00. The minimum Gasteiger partial charge on any atom is -0.481 e. The number of fused-ring (bicyclic) bond motifs is 1. The molecule has 114 valence electrons. The Bertz CT molecular complexity index is 546. The van der Waals surface area contributed by atoms with Gasteiger partial charge in [-0.25, -0.2) is 4.79 Å². The number of carboxylic acids is 1. The van der Waals surface area contributed by atoms with Crippen LogP contribution in [0.2, 0.25) is 0 Å². The van der Waals surface area contributed by atoms with Gasteiger partial charge in [-0.2, -0.15) is 0 Å². The molecule has 0 spiro atoms. The number of urea groups is 1. The van der Waals surface area contributed by atoms with Crippen LogP contribution in [0, 0.1) is 0 Å². The number of benzene rings is 1. The molecule has 0 aromatic heterocycles. The van der Waals surface area contributed by atoms with Crippen molar-refractivity contribution in [1.82, 2.24) is 4.90 Å². The fourth-order valence-corrected chi connectivity index (χ4v) is 2.52. The summed E-state index contributed by atoms with van der Waals surface area (Å²) in [5.74, 6) is -1.45. The summed E-state index contributed by atoms with van der Waals surface area (Å²) in [6.07, 6.45) is 0.388. The standard InChI is InChI=1S/C15H20N2O4/c1-10(9-18)16(2)15(21)17-8-7-12(14(19)20)11-5-3-4-6-13(11)17/h3-6,10,12,18H,7-9H2,1-2H3,(H,19,20). The topological polar surface area (TPSA) is 81.1 Å². The average Bonchev–Trinajstić information content (AvgIpc) is 2.51. The summed E-state index contributed by atoms with van der Waals surface area (Å²) >= 11 is 0. The van der Waals surface area contributed by atoms with E-state index < -0.39 is 11.9 Å². The molecule has 2 atom stereocenters. The number of para-hydroxylation sites is 1. The van der Waals surface area contributed by atoms with Crippen LogP contribution in [0.4, 0.5) is 10.5 Å². The van der Waals surface area contributed by atoms with Crippen molar-refractivity contribution in [3.05, 3.63) is 29.8 Å². The van der Waals surface area contributed by atoms with Crippen LogP contribution < -0.4 is 4.90 Å². The van der Waals surface area contributed by atoms with Gasteiger partial charge in [0.25, 0.3) is 0 Å². The lowest BCUT2D eigenvalue weighted by Gasteiger charge is -2.36. The van der Waals surface area contributed by atoms with E-state index in [9.17, 15) is 19.8 Å². The van der Waals surface area contributed by atoms with Crippen molar-refractivity contribution < 1.29 is 19.8 Å². The van der Waals surface area contributed by atoms with Gasteiger partial charge in [-0.3, -0.25) is 9.69 Å². The van der Waals surface area contributed by atoms with Gasteiger partial charge in [-0.05, 0) is 25.0 Å². The first kappa shape index (κ1) is 15.3. The fourth-order valence-electron chi connectivity index (χ4n) is 2.52. The predicted octanol–water partition coefficient (Wildman–Crippen LogP) is 1.50. The van der Waals surface area contributed by atoms with Crippen LogP contribution in [0.3, 0.4) is 0 Å². The lowest BCUT2D eigenvalue weighted by molar-refractivity contribution is -0.139. The normalized spacial score (nSPS) is 18.8. The molecule has 1 aromatic rings. The number of carboxylic acid groups (broad SMARTS) is 1. The Morgan fingerprint density at radius 1 is 1.43 bits per heavy atom. The molecule has 6 heteroatoms. The molecular formula is C15H20N2O4. The fraction of sp³-hybridized carbons (Fsp3) is 0.467. The van der Waals surface area contributed by atoms with Crippen LogP contribution in [0.1, 0.15) is 24.8 Å². The van der Waals surface area contributed by atoms with Gasteiger partial charge in [0, 0.05) is 19.3 Å². The number of aliphatic hydroxyl groups excluding tert-OH is 1. The number of hydrogen-bond acceptors (Lipinski definition) is 3. The van der Waals surface area contributed by atoms with Crippen molar-refractivity contribution in [1.29, 1.82) is 0 Å². The van der Waals surface area contributed by atoms with E-state index >= 15 is 0 Å². The van der Waals surface area contributed by atoms with E-state index in [2.05, 4.69) is 0 Å². The number of carbonyl (C=O) groups excluding carboxylic acids is 1. The number of amides is 2. The van der Waals surface area contributed by atoms with E-state index in [1.165, 1.54) is 4.90 Å². The van der Waals surface area contributed by atoms with Crippen molar-refractivity contribution >= 4 is 17.7 Å². The van der Waals surface area contributed by atoms with Crippen LogP contribution in [-0.2, 0) is 4.79 Å². The highest BCUT2D eigenvalue weighted by Gasteiger charge is 2.34. The van der Waals surface area contributed by atoms with Gasteiger partial charge in [0.1, 0.15) is 0 Å². The van der Waals surface area contributed by atoms with E-state index in [0.717, 1.165) is 0 Å². The van der Waals surface area contributed by atoms with Crippen molar-refractivity contribution in [3.63, 3.8) is 0 Å². The van der Waals surface area contributed by atoms with Crippen molar-refractivity contribution in [3.8, 4) is 0 Å². The molecule has 2 N–H and O–H groups in total. The van der Waals surface area contributed by atoms with Crippen molar-refractivity contribution in [2.75, 3.05) is 25.1 Å². The number of carbonyl (C=O) groups is 2. The zero-order valence-corrected chi connectivity index (χ0v) is 12.2. The summed E-state index contributed by atoms with van der Waals surface area (Å²) in [4.78, 5) is 26.9. The number of rotatable bonds is 3. The van der Waals surface area contributed by atoms with Gasteiger partial charge >= 0.3 is 12.0 Å². The third kappa shape index (κ3) is 2.85. The zero-order chi connectivity index (χ0) is 15.6. The van der Waals surface area contributed by atoms with Gasteiger partial charge in [0.05, 0.1) is 18.6 Å². The Balaban J connectivity index is 2.33. The summed E-state index contributed by atoms with van der Waals surface area (Å²) in [5.41, 5.74) is 1.30. The highest BCUT2D eigenvalue weighted by molar-refractivity contribution is 5.95. The van der Waals surface area contributed by atoms with Gasteiger partial charge in [-0.1, -0.05) is 18.2 Å². The second-order valence-electron chi connectivity index (χ2n) is 5.32. The number of nitrogens with zero attached hydrogens (tertiary/aromatic N) is 2. The maximum atomic E-state index is 12.5. The summed E-state index contributed by atoms with van der Waals surface area (Å²) in [7, 11) is 1.63. The Morgan fingerprint density at radius 3 is 2.71 bits per heavy atom. The number of aliphatic hydroxyl groups is 1. The Morgan fingerprint density at radius 2 is 2.10 bits per heavy atom. The van der Waals surface area contributed by atoms with Crippen LogP contribution in [0.5, 0.6) is 0 Å². The zero-order valence-electron chi connectivity index (χ0n) is 12.2. The highest BCUT2D eigenvalue weighted by Crippen LogP contribution is 2.35. The van der Waals surface area contributed by atoms with Gasteiger partial charge in [-0.15, -0.1) is 0 Å². The highest BCUT2D eigenvalue weighted by atomic mass is 16.4. The van der Waals surface area contributed by atoms with Crippen molar-refractivity contribution in [2.45, 2.75) is 25.3 Å². The molecule has 1 aromatic carbocycles. The number of likely N-dealkylation sites (N-methyl/N-ethyl adjacent to an activating group) is 1. The van der Waals surface area contributed by atoms with Crippen LogP contribution in [-0.4, -0.2) is 53.4 Å². The van der Waals surface area contributed by atoms with Crippen LogP contribution in [0.15, 0.2) is 24.3 Å². The SMILES string of the molecule is CC(CO)N(C)C(=O)N1CCC(C(=O)O)c2ccccc21. The first-order valence-corrected chi connectivity index (χ1v) is 6.94. The monoisotopic (exact) mass is 292 g/mol. The Kier molecular flexibility index (Phi) is 4.47. The van der Waals surface area contributed by atoms with Gasteiger partial charge in [0.2, 0.25) is 0 Å². The molecule has 1 heterocycles. The molecule has 0 aliphatic carbocycles. The Labute approximate surface area is 123 Å². The number of hydrogen-bond donors (Lipinski definition) is 2. The van der Waals surface area contributed by atoms with Gasteiger partial charge in [0.15, 0.2) is 0 Å². The van der Waals surface area contributed by atoms with E-state index in [1.54, 1.807) is 43.1 Å². The molecule has 1 aliphatic rings. The number of anilines is 1. The molecule has 0 saturated carbocycles. The molecule has 0 radical (unpaired) electrons. The molecule has 6 nitrogen and oxygen atoms in total. The minimum atomic E-state index is -0.869. The van der Waals surface area contributed by atoms with E-state index in [1.807, 2.05) is 0 Å². The number of aliphatic carboxylic acids is 1. The molecule has 2 amide bonds. The maximum Gasteiger partial charge on any atom is 0.324 e. The second kappa shape index (κ2) is 6.13. The molecular weight excluding hydrogens is 272 g/mol. The lowest BCUT2D eigenvalue weighted by atomic mass is 9.90. The lowest BCUT2D eigenvalue weighted by Crippen LogP contribution is -2.48. The largest absolute Gasteiger partial charge is 0.481 e. The van der Waals surface area contributed by atoms with Crippen LogP contribution >= 0.6 is 0 Å². The first-order chi connectivity index (χ1) is 9.97. The first-order valence-electron chi connectivity index (χ1n) is 6.94. The third-order valence-corrected chi connectivity index (χ3v) is 4.00. The van der Waals surface area contributed by atoms with E-state index in [-0.39, 0.29) is 18.7 Å². The summed E-state index contributed by atoms with van der Waals surface area (Å²) in [5, 5.41) is 18.5. The smallest absolute Gasteiger partial charge is 0.324 e. The van der Waals surface area contributed by atoms with Crippen LogP contribution in [0.25, 0.3) is 0 Å². The van der Waals surface area contributed by atoms with E-state index in [4.69, 9.17) is 0 Å². The molecule has 0 bridgehead atoms. The van der Waals surface area contributed by atoms with Crippen molar-refractivity contribution in [2.24, 2.45) is 0 Å². The maximum absolute atomic E-state index is 12.5. The summed E-state index contributed by atoms with van der Waals surface area (Å²) < 4.78 is 0. The molecule has 0 fully saturated rings. The molecule has 2 rings (SSSR count). The second-order valence-corrected chi connectivity index (χ2v) is 5.32. The Hall–Kier alpha value is -2.08. The van der Waals surface area contributed by atoms with Gasteiger partial charge < -0.3 is 15.1 Å². The summed E-state index contributed by atoms with van der Waals surface area (Å²) in [6, 6.07) is 6.57. The molecule has 0 saturated heterocycles. The minimum absolute atomic E-state index is 0.116. The molecule has 21 heavy (non-hydrogen) atoms. The predicted molar refractivity (Wildman–Crippen MR) is 78.5 cm³/mol. The molecule has 1 aliphatic heterocycles. The van der Waals surface area contributed by atoms with E-state index in [0.29, 0.717) is 24.2 Å². The quantitative estimate of drug-likeness (QED) is 0.884. The third-order valence-electron chi connectivity index (χ3n) is 4.00. The molecule has 2 unspecified atom stereocenters.